The molecular formula is C24H19Cl3F3N3O3S2. The second kappa shape index (κ2) is 11.2. The number of alkyl halides is 3. The zero-order valence-electron chi connectivity index (χ0n) is 19.4. The van der Waals surface area contributed by atoms with Crippen molar-refractivity contribution in [2.24, 2.45) is 5.16 Å². The summed E-state index contributed by atoms with van der Waals surface area (Å²) in [5.74, 6) is 1.28. The van der Waals surface area contributed by atoms with Crippen LogP contribution >= 0.6 is 58.8 Å². The van der Waals surface area contributed by atoms with Gasteiger partial charge in [0.05, 0.1) is 44.3 Å². The zero-order valence-corrected chi connectivity index (χ0v) is 23.4. The van der Waals surface area contributed by atoms with Gasteiger partial charge in [0, 0.05) is 10.5 Å². The van der Waals surface area contributed by atoms with E-state index in [-0.39, 0.29) is 33.7 Å². The Morgan fingerprint density at radius 2 is 1.87 bits per heavy atom. The molecule has 0 spiro atoms. The van der Waals surface area contributed by atoms with Crippen LogP contribution in [0.1, 0.15) is 50.5 Å². The van der Waals surface area contributed by atoms with Crippen LogP contribution in [0, 0.1) is 12.3 Å². The lowest BCUT2D eigenvalue weighted by atomic mass is 9.85. The van der Waals surface area contributed by atoms with Gasteiger partial charge in [0.15, 0.2) is 0 Å². The van der Waals surface area contributed by atoms with Crippen molar-refractivity contribution in [3.05, 3.63) is 47.6 Å². The van der Waals surface area contributed by atoms with Crippen LogP contribution < -0.4 is 10.6 Å². The first kappa shape index (κ1) is 28.9. The number of carbonyl (C=O) groups excluding carboxylic acids is 2. The number of fused-ring (bicyclic) bond motifs is 1. The highest BCUT2D eigenvalue weighted by molar-refractivity contribution is 7.80. The highest BCUT2D eigenvalue weighted by Crippen LogP contribution is 2.55. The number of nitrogens with one attached hydrogen (secondary N) is 2. The Balaban J connectivity index is 1.70. The van der Waals surface area contributed by atoms with Gasteiger partial charge in [-0.2, -0.15) is 13.2 Å². The van der Waals surface area contributed by atoms with Crippen molar-refractivity contribution in [1.82, 2.24) is 10.6 Å². The minimum Gasteiger partial charge on any atom is -0.374 e. The van der Waals surface area contributed by atoms with Crippen LogP contribution in [0.5, 0.6) is 0 Å². The Labute approximate surface area is 240 Å². The fourth-order valence-electron chi connectivity index (χ4n) is 4.45. The number of oxime groups is 1. The van der Waals surface area contributed by atoms with E-state index in [0.29, 0.717) is 22.6 Å². The predicted octanol–water partition coefficient (Wildman–Crippen LogP) is 5.94. The largest absolute Gasteiger partial charge is 0.435 e. The summed E-state index contributed by atoms with van der Waals surface area (Å²) in [4.78, 5) is 30.5. The number of hydrogen-bond donors (Lipinski definition) is 3. The smallest absolute Gasteiger partial charge is 0.374 e. The van der Waals surface area contributed by atoms with E-state index in [4.69, 9.17) is 46.1 Å². The van der Waals surface area contributed by atoms with Gasteiger partial charge in [-0.15, -0.1) is 30.4 Å². The second-order valence-corrected chi connectivity index (χ2v) is 11.3. The van der Waals surface area contributed by atoms with E-state index >= 15 is 0 Å². The minimum atomic E-state index is -4.96. The first-order chi connectivity index (χ1) is 17.9. The third-order valence-electron chi connectivity index (χ3n) is 6.22. The number of hydrogen-bond acceptors (Lipinski definition) is 6. The quantitative estimate of drug-likeness (QED) is 0.212. The third-order valence-corrected chi connectivity index (χ3v) is 9.15. The highest BCUT2D eigenvalue weighted by Gasteiger charge is 2.64. The van der Waals surface area contributed by atoms with Crippen LogP contribution in [0.2, 0.25) is 15.1 Å². The van der Waals surface area contributed by atoms with Crippen molar-refractivity contribution in [3.8, 4) is 12.3 Å². The average Bonchev–Trinajstić information content (AvgIpc) is 3.47. The molecular weight excluding hydrogens is 606 g/mol. The Bertz CT molecular complexity index is 1390. The van der Waals surface area contributed by atoms with Crippen molar-refractivity contribution in [1.29, 1.82) is 0 Å². The topological polar surface area (TPSA) is 79.8 Å². The van der Waals surface area contributed by atoms with E-state index in [1.807, 2.05) is 0 Å². The molecule has 14 heteroatoms. The lowest BCUT2D eigenvalue weighted by Gasteiger charge is -2.31. The molecule has 38 heavy (non-hydrogen) atoms. The molecule has 0 bridgehead atoms. The molecule has 0 fully saturated rings. The maximum absolute atomic E-state index is 14.6. The van der Waals surface area contributed by atoms with Crippen molar-refractivity contribution in [2.45, 2.75) is 48.8 Å². The van der Waals surface area contributed by atoms with Crippen molar-refractivity contribution in [3.63, 3.8) is 0 Å². The molecule has 0 saturated heterocycles. The maximum Gasteiger partial charge on any atom is 0.435 e. The Kier molecular flexibility index (Phi) is 8.50. The summed E-state index contributed by atoms with van der Waals surface area (Å²) in [6.07, 6.45) is 2.16. The van der Waals surface area contributed by atoms with E-state index in [2.05, 4.69) is 34.3 Å². The van der Waals surface area contributed by atoms with Crippen LogP contribution in [-0.2, 0) is 28.1 Å². The van der Waals surface area contributed by atoms with E-state index in [0.717, 1.165) is 41.4 Å². The molecule has 1 atom stereocenters. The SMILES string of the molecule is C#CCNC(=O)CNC(=O)c1sc(C2=NOC(c3c(S)cc(Cl)c(Cl)c3Cl)(C(F)(F)F)C2)c2c1CCCC2. The third kappa shape index (κ3) is 5.21. The molecule has 2 N–H and O–H groups in total. The average molecular weight is 625 g/mol. The van der Waals surface area contributed by atoms with Gasteiger partial charge in [0.25, 0.3) is 11.5 Å². The van der Waals surface area contributed by atoms with E-state index < -0.39 is 40.6 Å². The molecule has 202 valence electrons. The van der Waals surface area contributed by atoms with Crippen molar-refractivity contribution >= 4 is 76.3 Å². The molecule has 1 aromatic carbocycles. The number of thiol groups is 1. The van der Waals surface area contributed by atoms with Gasteiger partial charge in [0.2, 0.25) is 5.91 Å². The highest BCUT2D eigenvalue weighted by atomic mass is 35.5. The molecule has 1 aliphatic heterocycles. The van der Waals surface area contributed by atoms with Gasteiger partial charge in [0.1, 0.15) is 5.71 Å². The Morgan fingerprint density at radius 3 is 2.53 bits per heavy atom. The molecule has 1 aliphatic carbocycles. The molecule has 2 amide bonds. The van der Waals surface area contributed by atoms with Crippen LogP contribution in [-0.4, -0.2) is 36.8 Å². The number of thiophene rings is 1. The standard InChI is InChI=1S/C24H19Cl3F3N3O3S2/c1-2-7-31-16(34)10-32-22(35)21-12-6-4-3-5-11(12)20(38-21)14-9-23(36-33-14,24(28,29)30)17-15(37)8-13(25)18(26)19(17)27/h1,8,37H,3-7,9-10H2,(H,31,34)(H,32,35). The monoisotopic (exact) mass is 623 g/mol. The molecule has 6 nitrogen and oxygen atoms in total. The number of benzene rings is 1. The summed E-state index contributed by atoms with van der Waals surface area (Å²) >= 11 is 23.5. The van der Waals surface area contributed by atoms with Gasteiger partial charge in [-0.1, -0.05) is 45.9 Å². The molecule has 1 aromatic heterocycles. The number of nitrogens with zero attached hydrogens (tertiary/aromatic N) is 1. The van der Waals surface area contributed by atoms with Gasteiger partial charge in [-0.25, -0.2) is 0 Å². The summed E-state index contributed by atoms with van der Waals surface area (Å²) in [7, 11) is 0. The fraction of sp³-hybridized carbons (Fsp3) is 0.375. The Hall–Kier alpha value is -2.10. The summed E-state index contributed by atoms with van der Waals surface area (Å²) in [6.45, 7) is -0.283. The molecule has 2 aliphatic rings. The molecule has 2 aromatic rings. The van der Waals surface area contributed by atoms with Crippen LogP contribution in [0.25, 0.3) is 0 Å². The molecule has 2 heterocycles. The van der Waals surface area contributed by atoms with Crippen LogP contribution in [0.3, 0.4) is 0 Å². The minimum absolute atomic E-state index is 0.0187. The number of rotatable bonds is 6. The maximum atomic E-state index is 14.6. The van der Waals surface area contributed by atoms with Crippen molar-refractivity contribution < 1.29 is 27.6 Å². The summed E-state index contributed by atoms with van der Waals surface area (Å²) < 4.78 is 43.9. The first-order valence-corrected chi connectivity index (χ1v) is 13.6. The number of amides is 2. The predicted molar refractivity (Wildman–Crippen MR) is 144 cm³/mol. The zero-order chi connectivity index (χ0) is 27.8. The van der Waals surface area contributed by atoms with E-state index in [9.17, 15) is 22.8 Å². The van der Waals surface area contributed by atoms with Gasteiger partial charge in [-0.3, -0.25) is 9.59 Å². The van der Waals surface area contributed by atoms with Crippen LogP contribution in [0.4, 0.5) is 13.2 Å². The Morgan fingerprint density at radius 1 is 1.18 bits per heavy atom. The number of carbonyl (C=O) groups is 2. The van der Waals surface area contributed by atoms with Gasteiger partial charge < -0.3 is 15.5 Å². The second-order valence-electron chi connectivity index (χ2n) is 8.60. The molecule has 0 saturated carbocycles. The van der Waals surface area contributed by atoms with Gasteiger partial charge in [-0.05, 0) is 42.9 Å². The summed E-state index contributed by atoms with van der Waals surface area (Å²) in [6, 6.07) is 1.16. The normalized spacial score (nSPS) is 18.7. The van der Waals surface area contributed by atoms with Gasteiger partial charge >= 0.3 is 6.18 Å². The lowest BCUT2D eigenvalue weighted by molar-refractivity contribution is -0.276. The number of halogens is 6. The van der Waals surface area contributed by atoms with E-state index in [1.165, 1.54) is 0 Å². The molecule has 0 radical (unpaired) electrons. The lowest BCUT2D eigenvalue weighted by Crippen LogP contribution is -2.43. The molecule has 4 rings (SSSR count). The molecule has 1 unspecified atom stereocenters. The van der Waals surface area contributed by atoms with E-state index in [1.54, 1.807) is 0 Å². The van der Waals surface area contributed by atoms with Crippen molar-refractivity contribution in [2.75, 3.05) is 13.1 Å². The van der Waals surface area contributed by atoms with Crippen LogP contribution in [0.15, 0.2) is 16.1 Å². The fourth-order valence-corrected chi connectivity index (χ4v) is 7.06. The number of terminal acetylenes is 1. The first-order valence-electron chi connectivity index (χ1n) is 11.2. The summed E-state index contributed by atoms with van der Waals surface area (Å²) in [5, 5.41) is 8.08. The summed E-state index contributed by atoms with van der Waals surface area (Å²) in [5.41, 5.74) is -1.97.